The minimum Gasteiger partial charge on any atom is -0.506 e. The van der Waals surface area contributed by atoms with E-state index in [0.29, 0.717) is 22.7 Å². The van der Waals surface area contributed by atoms with Crippen LogP contribution >= 0.6 is 0 Å². The fraction of sp³-hybridized carbons (Fsp3) is 0.294. The van der Waals surface area contributed by atoms with E-state index in [4.69, 9.17) is 0 Å². The molecule has 0 bridgehead atoms. The number of aromatic hydroxyl groups is 1. The molecule has 0 spiro atoms. The van der Waals surface area contributed by atoms with E-state index in [9.17, 15) is 13.9 Å². The quantitative estimate of drug-likeness (QED) is 0.785. The summed E-state index contributed by atoms with van der Waals surface area (Å²) < 4.78 is 28.8. The lowest BCUT2D eigenvalue weighted by Crippen LogP contribution is -2.18. The maximum absolute atomic E-state index is 14.0. The fourth-order valence-electron chi connectivity index (χ4n) is 2.54. The molecule has 0 radical (unpaired) electrons. The summed E-state index contributed by atoms with van der Waals surface area (Å²) in [5, 5.41) is 18.6. The molecule has 0 aliphatic carbocycles. The van der Waals surface area contributed by atoms with Gasteiger partial charge < -0.3 is 5.11 Å². The molecular weight excluding hydrogens is 300 g/mol. The van der Waals surface area contributed by atoms with E-state index in [1.165, 1.54) is 18.2 Å². The maximum Gasteiger partial charge on any atom is 0.161 e. The molecule has 23 heavy (non-hydrogen) atoms. The standard InChI is InChI=1S/C17H17F2N3O/c1-17(2,3)16-21-20-15-7-6-14(23)13(22(15)16)8-10-4-5-11(18)9-12(10)19/h4-7,9,23H,8H2,1-3H3. The van der Waals surface area contributed by atoms with Crippen LogP contribution in [0.3, 0.4) is 0 Å². The van der Waals surface area contributed by atoms with Crippen LogP contribution < -0.4 is 0 Å². The lowest BCUT2D eigenvalue weighted by atomic mass is 9.95. The van der Waals surface area contributed by atoms with E-state index in [2.05, 4.69) is 10.2 Å². The van der Waals surface area contributed by atoms with Crippen LogP contribution in [0.15, 0.2) is 30.3 Å². The van der Waals surface area contributed by atoms with Crippen molar-refractivity contribution in [3.63, 3.8) is 0 Å². The number of rotatable bonds is 2. The lowest BCUT2D eigenvalue weighted by Gasteiger charge is -2.18. The topological polar surface area (TPSA) is 50.4 Å². The van der Waals surface area contributed by atoms with Gasteiger partial charge >= 0.3 is 0 Å². The first-order valence-electron chi connectivity index (χ1n) is 7.28. The molecule has 0 atom stereocenters. The van der Waals surface area contributed by atoms with E-state index in [1.54, 1.807) is 10.5 Å². The number of halogens is 2. The summed E-state index contributed by atoms with van der Waals surface area (Å²) in [4.78, 5) is 0. The zero-order valence-electron chi connectivity index (χ0n) is 13.1. The summed E-state index contributed by atoms with van der Waals surface area (Å²) in [6.45, 7) is 5.95. The van der Waals surface area contributed by atoms with Gasteiger partial charge in [-0.1, -0.05) is 26.8 Å². The van der Waals surface area contributed by atoms with Crippen LogP contribution in [0, 0.1) is 11.6 Å². The molecule has 2 aromatic heterocycles. The number of pyridine rings is 1. The molecule has 0 saturated heterocycles. The van der Waals surface area contributed by atoms with Gasteiger partial charge in [0.25, 0.3) is 0 Å². The normalized spacial score (nSPS) is 12.0. The number of aromatic nitrogens is 3. The molecule has 6 heteroatoms. The summed E-state index contributed by atoms with van der Waals surface area (Å²) in [5.41, 5.74) is 1.04. The number of hydrogen-bond donors (Lipinski definition) is 1. The Morgan fingerprint density at radius 1 is 1.09 bits per heavy atom. The molecule has 2 heterocycles. The zero-order chi connectivity index (χ0) is 16.8. The number of nitrogens with zero attached hydrogens (tertiary/aromatic N) is 3. The van der Waals surface area contributed by atoms with Crippen molar-refractivity contribution in [1.29, 1.82) is 0 Å². The molecule has 0 unspecified atom stereocenters. The van der Waals surface area contributed by atoms with Gasteiger partial charge in [-0.05, 0) is 23.8 Å². The van der Waals surface area contributed by atoms with Gasteiger partial charge in [-0.3, -0.25) is 4.40 Å². The van der Waals surface area contributed by atoms with Crippen molar-refractivity contribution in [3.05, 3.63) is 59.0 Å². The third kappa shape index (κ3) is 2.76. The molecule has 3 aromatic rings. The number of hydrogen-bond acceptors (Lipinski definition) is 3. The Balaban J connectivity index is 2.20. The second-order valence-corrected chi connectivity index (χ2v) is 6.54. The Morgan fingerprint density at radius 3 is 2.48 bits per heavy atom. The maximum atomic E-state index is 14.0. The first kappa shape index (κ1) is 15.4. The van der Waals surface area contributed by atoms with Gasteiger partial charge in [0.05, 0.1) is 5.69 Å². The summed E-state index contributed by atoms with van der Waals surface area (Å²) in [5.74, 6) is -0.590. The monoisotopic (exact) mass is 317 g/mol. The molecule has 3 rings (SSSR count). The molecule has 0 aliphatic rings. The highest BCUT2D eigenvalue weighted by atomic mass is 19.1. The second kappa shape index (κ2) is 5.30. The third-order valence-electron chi connectivity index (χ3n) is 3.69. The van der Waals surface area contributed by atoms with Crippen LogP contribution in [-0.4, -0.2) is 19.7 Å². The van der Waals surface area contributed by atoms with Crippen molar-refractivity contribution < 1.29 is 13.9 Å². The molecule has 0 saturated carbocycles. The van der Waals surface area contributed by atoms with Gasteiger partial charge in [-0.15, -0.1) is 10.2 Å². The first-order valence-corrected chi connectivity index (χ1v) is 7.28. The largest absolute Gasteiger partial charge is 0.506 e. The molecule has 1 aromatic carbocycles. The van der Waals surface area contributed by atoms with E-state index < -0.39 is 11.6 Å². The van der Waals surface area contributed by atoms with Gasteiger partial charge in [-0.25, -0.2) is 8.78 Å². The van der Waals surface area contributed by atoms with Crippen LogP contribution in [0.25, 0.3) is 5.65 Å². The highest BCUT2D eigenvalue weighted by Gasteiger charge is 2.24. The molecule has 0 amide bonds. The molecule has 0 aliphatic heterocycles. The van der Waals surface area contributed by atoms with Gasteiger partial charge in [-0.2, -0.15) is 0 Å². The SMILES string of the molecule is CC(C)(C)c1nnc2ccc(O)c(Cc3ccc(F)cc3F)n12. The average Bonchev–Trinajstić information content (AvgIpc) is 2.88. The van der Waals surface area contributed by atoms with Crippen molar-refractivity contribution in [1.82, 2.24) is 14.6 Å². The second-order valence-electron chi connectivity index (χ2n) is 6.54. The van der Waals surface area contributed by atoms with Gasteiger partial charge in [0.1, 0.15) is 23.2 Å². The summed E-state index contributed by atoms with van der Waals surface area (Å²) in [6.07, 6.45) is 0.108. The van der Waals surface area contributed by atoms with Crippen LogP contribution in [0.4, 0.5) is 8.78 Å². The van der Waals surface area contributed by atoms with Gasteiger partial charge in [0.2, 0.25) is 0 Å². The van der Waals surface area contributed by atoms with Crippen LogP contribution in [0.2, 0.25) is 0 Å². The van der Waals surface area contributed by atoms with Crippen molar-refractivity contribution in [3.8, 4) is 5.75 Å². The fourth-order valence-corrected chi connectivity index (χ4v) is 2.54. The predicted octanol–water partition coefficient (Wildman–Crippen LogP) is 3.60. The minimum atomic E-state index is -0.646. The summed E-state index contributed by atoms with van der Waals surface area (Å²) in [7, 11) is 0. The molecule has 1 N–H and O–H groups in total. The Morgan fingerprint density at radius 2 is 1.83 bits per heavy atom. The van der Waals surface area contributed by atoms with Crippen LogP contribution in [0.1, 0.15) is 37.9 Å². The summed E-state index contributed by atoms with van der Waals surface area (Å²) in [6, 6.07) is 6.58. The highest BCUT2D eigenvalue weighted by molar-refractivity contribution is 5.47. The Bertz CT molecular complexity index is 881. The smallest absolute Gasteiger partial charge is 0.161 e. The van der Waals surface area contributed by atoms with Crippen molar-refractivity contribution in [2.45, 2.75) is 32.6 Å². The van der Waals surface area contributed by atoms with E-state index in [0.717, 1.165) is 6.07 Å². The number of benzene rings is 1. The molecule has 4 nitrogen and oxygen atoms in total. The van der Waals surface area contributed by atoms with E-state index >= 15 is 0 Å². The molecule has 120 valence electrons. The molecular formula is C17H17F2N3O. The lowest BCUT2D eigenvalue weighted by molar-refractivity contribution is 0.459. The van der Waals surface area contributed by atoms with E-state index in [-0.39, 0.29) is 17.6 Å². The van der Waals surface area contributed by atoms with Crippen molar-refractivity contribution >= 4 is 5.65 Å². The van der Waals surface area contributed by atoms with Gasteiger partial charge in [0, 0.05) is 17.9 Å². The van der Waals surface area contributed by atoms with Crippen LogP contribution in [0.5, 0.6) is 5.75 Å². The van der Waals surface area contributed by atoms with E-state index in [1.807, 2.05) is 20.8 Å². The predicted molar refractivity (Wildman–Crippen MR) is 82.5 cm³/mol. The van der Waals surface area contributed by atoms with Gasteiger partial charge in [0.15, 0.2) is 5.65 Å². The zero-order valence-corrected chi connectivity index (χ0v) is 13.1. The van der Waals surface area contributed by atoms with Crippen molar-refractivity contribution in [2.75, 3.05) is 0 Å². The highest BCUT2D eigenvalue weighted by Crippen LogP contribution is 2.28. The van der Waals surface area contributed by atoms with Crippen LogP contribution in [-0.2, 0) is 11.8 Å². The average molecular weight is 317 g/mol. The Hall–Kier alpha value is -2.50. The third-order valence-corrected chi connectivity index (χ3v) is 3.69. The Kier molecular flexibility index (Phi) is 3.55. The molecule has 0 fully saturated rings. The Labute approximate surface area is 132 Å². The van der Waals surface area contributed by atoms with Crippen molar-refractivity contribution in [2.24, 2.45) is 0 Å². The summed E-state index contributed by atoms with van der Waals surface area (Å²) >= 11 is 0. The number of fused-ring (bicyclic) bond motifs is 1. The first-order chi connectivity index (χ1) is 10.8. The minimum absolute atomic E-state index is 0.0199.